The fourth-order valence-corrected chi connectivity index (χ4v) is 2.18. The van der Waals surface area contributed by atoms with Crippen molar-refractivity contribution in [1.29, 1.82) is 0 Å². The number of aliphatic hydroxyl groups excluding tert-OH is 1. The van der Waals surface area contributed by atoms with Crippen molar-refractivity contribution in [1.82, 2.24) is 0 Å². The first-order chi connectivity index (χ1) is 8.66. The van der Waals surface area contributed by atoms with Crippen molar-refractivity contribution in [2.75, 3.05) is 6.61 Å². The third kappa shape index (κ3) is 13.5. The van der Waals surface area contributed by atoms with Crippen LogP contribution in [0.4, 0.5) is 0 Å². The minimum atomic E-state index is -0.676. The Kier molecular flexibility index (Phi) is 12.5. The molecule has 0 saturated carbocycles. The fourth-order valence-electron chi connectivity index (χ4n) is 2.18. The second kappa shape index (κ2) is 12.9. The lowest BCUT2D eigenvalue weighted by atomic mass is 9.97. The average Bonchev–Trinajstić information content (AvgIpc) is 2.34. The summed E-state index contributed by atoms with van der Waals surface area (Å²) in [6.45, 7) is 2.48. The molecule has 0 amide bonds. The number of carboxylic acids is 1. The Balaban J connectivity index is 3.12. The smallest absolute Gasteiger partial charge is 0.303 e. The van der Waals surface area contributed by atoms with Gasteiger partial charge in [-0.05, 0) is 18.8 Å². The number of carboxylic acid groups (broad SMARTS) is 1. The standard InChI is InChI=1S/C15H30O3/c1-14(11-12-15(17)18)10-8-6-4-2-3-5-7-9-13-16/h14,16H,2-13H2,1H3,(H,17,18). The zero-order valence-electron chi connectivity index (χ0n) is 11.9. The number of carbonyl (C=O) groups is 1. The van der Waals surface area contributed by atoms with E-state index in [0.717, 1.165) is 25.7 Å². The minimum Gasteiger partial charge on any atom is -0.481 e. The van der Waals surface area contributed by atoms with Crippen LogP contribution in [0.5, 0.6) is 0 Å². The van der Waals surface area contributed by atoms with E-state index in [0.29, 0.717) is 18.9 Å². The van der Waals surface area contributed by atoms with E-state index in [1.807, 2.05) is 0 Å². The minimum absolute atomic E-state index is 0.312. The van der Waals surface area contributed by atoms with E-state index in [4.69, 9.17) is 10.2 Å². The lowest BCUT2D eigenvalue weighted by molar-refractivity contribution is -0.137. The van der Waals surface area contributed by atoms with Crippen molar-refractivity contribution >= 4 is 5.97 Å². The first kappa shape index (κ1) is 17.4. The van der Waals surface area contributed by atoms with Crippen LogP contribution in [0.25, 0.3) is 0 Å². The highest BCUT2D eigenvalue weighted by Crippen LogP contribution is 2.16. The van der Waals surface area contributed by atoms with E-state index in [2.05, 4.69) is 6.92 Å². The summed E-state index contributed by atoms with van der Waals surface area (Å²) < 4.78 is 0. The fraction of sp³-hybridized carbons (Fsp3) is 0.933. The summed E-state index contributed by atoms with van der Waals surface area (Å²) in [4.78, 5) is 10.4. The van der Waals surface area contributed by atoms with Gasteiger partial charge in [-0.1, -0.05) is 58.3 Å². The van der Waals surface area contributed by atoms with Gasteiger partial charge in [-0.15, -0.1) is 0 Å². The zero-order chi connectivity index (χ0) is 13.6. The monoisotopic (exact) mass is 258 g/mol. The van der Waals surface area contributed by atoms with Crippen LogP contribution in [0.3, 0.4) is 0 Å². The van der Waals surface area contributed by atoms with Gasteiger partial charge in [0.2, 0.25) is 0 Å². The molecule has 3 heteroatoms. The molecule has 0 aliphatic carbocycles. The van der Waals surface area contributed by atoms with Gasteiger partial charge in [-0.3, -0.25) is 4.79 Å². The Bertz CT molecular complexity index is 192. The summed E-state index contributed by atoms with van der Waals surface area (Å²) in [6, 6.07) is 0. The first-order valence-electron chi connectivity index (χ1n) is 7.49. The molecule has 0 aromatic heterocycles. The topological polar surface area (TPSA) is 57.5 Å². The number of unbranched alkanes of at least 4 members (excludes halogenated alkanes) is 7. The normalized spacial score (nSPS) is 12.6. The maximum atomic E-state index is 10.4. The van der Waals surface area contributed by atoms with E-state index >= 15 is 0 Å². The molecule has 0 rings (SSSR count). The molecular formula is C15H30O3. The summed E-state index contributed by atoms with van der Waals surface area (Å²) in [5.41, 5.74) is 0. The maximum Gasteiger partial charge on any atom is 0.303 e. The molecule has 18 heavy (non-hydrogen) atoms. The molecule has 3 nitrogen and oxygen atoms in total. The Morgan fingerprint density at radius 2 is 1.39 bits per heavy atom. The van der Waals surface area contributed by atoms with Crippen LogP contribution < -0.4 is 0 Å². The second-order valence-corrected chi connectivity index (χ2v) is 5.38. The van der Waals surface area contributed by atoms with Crippen LogP contribution in [0.15, 0.2) is 0 Å². The molecule has 1 unspecified atom stereocenters. The predicted octanol–water partition coefficient (Wildman–Crippen LogP) is 3.99. The molecule has 108 valence electrons. The predicted molar refractivity (Wildman–Crippen MR) is 74.7 cm³/mol. The van der Waals surface area contributed by atoms with Crippen molar-refractivity contribution in [2.45, 2.75) is 77.6 Å². The molecule has 0 aromatic rings. The maximum absolute atomic E-state index is 10.4. The molecule has 2 N–H and O–H groups in total. The molecule has 0 aromatic carbocycles. The van der Waals surface area contributed by atoms with Gasteiger partial charge >= 0.3 is 5.97 Å². The molecule has 1 atom stereocenters. The van der Waals surface area contributed by atoms with Crippen LogP contribution in [0, 0.1) is 5.92 Å². The van der Waals surface area contributed by atoms with Gasteiger partial charge in [0.15, 0.2) is 0 Å². The molecule has 0 spiro atoms. The van der Waals surface area contributed by atoms with Gasteiger partial charge in [-0.25, -0.2) is 0 Å². The molecule has 0 bridgehead atoms. The van der Waals surface area contributed by atoms with Crippen LogP contribution in [0.1, 0.15) is 77.6 Å². The largest absolute Gasteiger partial charge is 0.481 e. The van der Waals surface area contributed by atoms with Gasteiger partial charge in [0.25, 0.3) is 0 Å². The van der Waals surface area contributed by atoms with E-state index in [1.165, 1.54) is 38.5 Å². The lowest BCUT2D eigenvalue weighted by Gasteiger charge is -2.09. The SMILES string of the molecule is CC(CCCCCCCCCCO)CCC(=O)O. The average molecular weight is 258 g/mol. The van der Waals surface area contributed by atoms with E-state index in [-0.39, 0.29) is 0 Å². The molecule has 0 heterocycles. The lowest BCUT2D eigenvalue weighted by Crippen LogP contribution is -2.01. The van der Waals surface area contributed by atoms with Crippen molar-refractivity contribution < 1.29 is 15.0 Å². The molecular weight excluding hydrogens is 228 g/mol. The van der Waals surface area contributed by atoms with Crippen LogP contribution in [-0.2, 0) is 4.79 Å². The van der Waals surface area contributed by atoms with E-state index < -0.39 is 5.97 Å². The van der Waals surface area contributed by atoms with Crippen molar-refractivity contribution in [3.8, 4) is 0 Å². The molecule has 0 fully saturated rings. The third-order valence-corrected chi connectivity index (χ3v) is 3.46. The van der Waals surface area contributed by atoms with Gasteiger partial charge < -0.3 is 10.2 Å². The van der Waals surface area contributed by atoms with Crippen molar-refractivity contribution in [2.24, 2.45) is 5.92 Å². The Morgan fingerprint density at radius 1 is 0.889 bits per heavy atom. The van der Waals surface area contributed by atoms with Gasteiger partial charge in [0.1, 0.15) is 0 Å². The Hall–Kier alpha value is -0.570. The van der Waals surface area contributed by atoms with Crippen LogP contribution in [0.2, 0.25) is 0 Å². The highest BCUT2D eigenvalue weighted by Gasteiger charge is 2.04. The summed E-state index contributed by atoms with van der Waals surface area (Å²) in [6.07, 6.45) is 12.0. The van der Waals surface area contributed by atoms with Crippen molar-refractivity contribution in [3.05, 3.63) is 0 Å². The summed E-state index contributed by atoms with van der Waals surface area (Å²) in [5.74, 6) is -0.129. The first-order valence-corrected chi connectivity index (χ1v) is 7.49. The van der Waals surface area contributed by atoms with E-state index in [9.17, 15) is 4.79 Å². The highest BCUT2D eigenvalue weighted by molar-refractivity contribution is 5.66. The van der Waals surface area contributed by atoms with Crippen molar-refractivity contribution in [3.63, 3.8) is 0 Å². The third-order valence-electron chi connectivity index (χ3n) is 3.46. The van der Waals surface area contributed by atoms with E-state index in [1.54, 1.807) is 0 Å². The Morgan fingerprint density at radius 3 is 1.89 bits per heavy atom. The second-order valence-electron chi connectivity index (χ2n) is 5.38. The molecule has 0 aliphatic rings. The van der Waals surface area contributed by atoms with Crippen LogP contribution >= 0.6 is 0 Å². The number of aliphatic hydroxyl groups is 1. The number of hydrogen-bond donors (Lipinski definition) is 2. The number of aliphatic carboxylic acids is 1. The molecule has 0 aliphatic heterocycles. The number of rotatable bonds is 13. The van der Waals surface area contributed by atoms with Crippen LogP contribution in [-0.4, -0.2) is 22.8 Å². The van der Waals surface area contributed by atoms with Gasteiger partial charge in [0.05, 0.1) is 0 Å². The summed E-state index contributed by atoms with van der Waals surface area (Å²) in [5, 5.41) is 17.2. The summed E-state index contributed by atoms with van der Waals surface area (Å²) >= 11 is 0. The molecule has 0 radical (unpaired) electrons. The van der Waals surface area contributed by atoms with Gasteiger partial charge in [0, 0.05) is 13.0 Å². The highest BCUT2D eigenvalue weighted by atomic mass is 16.4. The summed E-state index contributed by atoms with van der Waals surface area (Å²) in [7, 11) is 0. The van der Waals surface area contributed by atoms with Gasteiger partial charge in [-0.2, -0.15) is 0 Å². The molecule has 0 saturated heterocycles. The Labute approximate surface area is 112 Å². The zero-order valence-corrected chi connectivity index (χ0v) is 11.9. The quantitative estimate of drug-likeness (QED) is 0.491. The number of hydrogen-bond acceptors (Lipinski definition) is 2.